The number of carboxylic acids is 1. The van der Waals surface area contributed by atoms with Gasteiger partial charge in [-0.05, 0) is 24.6 Å². The second-order valence-corrected chi connectivity index (χ2v) is 5.09. The molecule has 24 heavy (non-hydrogen) atoms. The topological polar surface area (TPSA) is 79.5 Å². The lowest BCUT2D eigenvalue weighted by atomic mass is 10.1. The molecule has 0 bridgehead atoms. The predicted octanol–water partition coefficient (Wildman–Crippen LogP) is 4.12. The predicted molar refractivity (Wildman–Crippen MR) is 79.2 cm³/mol. The summed E-state index contributed by atoms with van der Waals surface area (Å²) in [6.45, 7) is 3.20. The molecule has 5 nitrogen and oxygen atoms in total. The standard InChI is InChI=1S/C16H14F3NO4/c1-3-12-10(15(22)23)7-13(24-12)14(21)20-11-6-9(16(17,18)19)5-4-8(11)2/h4-7H,3H2,1-2H3,(H,20,21)(H,22,23). The van der Waals surface area contributed by atoms with Gasteiger partial charge in [0.05, 0.1) is 5.56 Å². The lowest BCUT2D eigenvalue weighted by Gasteiger charge is -2.11. The number of halogens is 3. The third kappa shape index (κ3) is 3.58. The molecule has 2 aromatic rings. The molecule has 8 heteroatoms. The van der Waals surface area contributed by atoms with Crippen LogP contribution in [-0.4, -0.2) is 17.0 Å². The number of nitrogens with one attached hydrogen (secondary N) is 1. The van der Waals surface area contributed by atoms with Gasteiger partial charge in [0.2, 0.25) is 0 Å². The monoisotopic (exact) mass is 341 g/mol. The van der Waals surface area contributed by atoms with Crippen molar-refractivity contribution in [3.05, 3.63) is 52.5 Å². The van der Waals surface area contributed by atoms with Crippen molar-refractivity contribution in [2.24, 2.45) is 0 Å². The van der Waals surface area contributed by atoms with Crippen LogP contribution in [0.4, 0.5) is 18.9 Å². The molecular weight excluding hydrogens is 327 g/mol. The molecule has 128 valence electrons. The average Bonchev–Trinajstić information content (AvgIpc) is 2.93. The van der Waals surface area contributed by atoms with Crippen molar-refractivity contribution in [1.82, 2.24) is 0 Å². The van der Waals surface area contributed by atoms with E-state index >= 15 is 0 Å². The molecule has 1 aromatic heterocycles. The number of aromatic carboxylic acids is 1. The highest BCUT2D eigenvalue weighted by molar-refractivity contribution is 6.04. The number of hydrogen-bond acceptors (Lipinski definition) is 3. The van der Waals surface area contributed by atoms with Gasteiger partial charge in [-0.2, -0.15) is 13.2 Å². The van der Waals surface area contributed by atoms with E-state index in [1.165, 1.54) is 13.0 Å². The van der Waals surface area contributed by atoms with Crippen molar-refractivity contribution in [2.45, 2.75) is 26.4 Å². The zero-order valence-electron chi connectivity index (χ0n) is 12.8. The van der Waals surface area contributed by atoms with Gasteiger partial charge in [-0.1, -0.05) is 13.0 Å². The quantitative estimate of drug-likeness (QED) is 0.877. The third-order valence-corrected chi connectivity index (χ3v) is 3.40. The van der Waals surface area contributed by atoms with Gasteiger partial charge in [0, 0.05) is 18.2 Å². The van der Waals surface area contributed by atoms with Gasteiger partial charge in [0.15, 0.2) is 5.76 Å². The Morgan fingerprint density at radius 3 is 2.42 bits per heavy atom. The number of anilines is 1. The Morgan fingerprint density at radius 1 is 1.25 bits per heavy atom. The van der Waals surface area contributed by atoms with E-state index in [0.29, 0.717) is 5.56 Å². The molecule has 0 saturated carbocycles. The third-order valence-electron chi connectivity index (χ3n) is 3.40. The van der Waals surface area contributed by atoms with Crippen LogP contribution in [0.25, 0.3) is 0 Å². The number of carboxylic acid groups (broad SMARTS) is 1. The Labute approximate surface area is 135 Å². The summed E-state index contributed by atoms with van der Waals surface area (Å²) in [5, 5.41) is 11.4. The van der Waals surface area contributed by atoms with Crippen LogP contribution in [0.5, 0.6) is 0 Å². The van der Waals surface area contributed by atoms with Crippen molar-refractivity contribution in [3.8, 4) is 0 Å². The fraction of sp³-hybridized carbons (Fsp3) is 0.250. The second kappa shape index (κ2) is 6.38. The summed E-state index contributed by atoms with van der Waals surface area (Å²) in [5.41, 5.74) is -0.648. The maximum atomic E-state index is 12.8. The Hall–Kier alpha value is -2.77. The molecule has 2 rings (SSSR count). The first kappa shape index (κ1) is 17.6. The first-order valence-corrected chi connectivity index (χ1v) is 6.98. The first-order chi connectivity index (χ1) is 11.1. The molecule has 1 amide bonds. The normalized spacial score (nSPS) is 11.4. The van der Waals surface area contributed by atoms with E-state index in [0.717, 1.165) is 18.2 Å². The maximum absolute atomic E-state index is 12.8. The van der Waals surface area contributed by atoms with Crippen LogP contribution < -0.4 is 5.32 Å². The number of aryl methyl sites for hydroxylation is 2. The maximum Gasteiger partial charge on any atom is 0.416 e. The lowest BCUT2D eigenvalue weighted by molar-refractivity contribution is -0.137. The van der Waals surface area contributed by atoms with Crippen molar-refractivity contribution in [1.29, 1.82) is 0 Å². The van der Waals surface area contributed by atoms with Gasteiger partial charge in [0.25, 0.3) is 5.91 Å². The minimum Gasteiger partial charge on any atom is -0.478 e. The van der Waals surface area contributed by atoms with Crippen LogP contribution in [0, 0.1) is 6.92 Å². The molecule has 0 aliphatic heterocycles. The lowest BCUT2D eigenvalue weighted by Crippen LogP contribution is -2.13. The van der Waals surface area contributed by atoms with Gasteiger partial charge < -0.3 is 14.8 Å². The van der Waals surface area contributed by atoms with E-state index in [1.54, 1.807) is 6.92 Å². The van der Waals surface area contributed by atoms with Crippen molar-refractivity contribution in [2.75, 3.05) is 5.32 Å². The van der Waals surface area contributed by atoms with E-state index in [1.807, 2.05) is 0 Å². The highest BCUT2D eigenvalue weighted by Crippen LogP contribution is 2.32. The molecule has 0 atom stereocenters. The SMILES string of the molecule is CCc1oc(C(=O)Nc2cc(C(F)(F)F)ccc2C)cc1C(=O)O. The van der Waals surface area contributed by atoms with Crippen molar-refractivity contribution in [3.63, 3.8) is 0 Å². The molecule has 0 saturated heterocycles. The summed E-state index contributed by atoms with van der Waals surface area (Å²) >= 11 is 0. The van der Waals surface area contributed by atoms with Crippen LogP contribution in [-0.2, 0) is 12.6 Å². The summed E-state index contributed by atoms with van der Waals surface area (Å²) < 4.78 is 43.4. The van der Waals surface area contributed by atoms with Crippen molar-refractivity contribution >= 4 is 17.6 Å². The molecule has 1 aromatic carbocycles. The van der Waals surface area contributed by atoms with E-state index < -0.39 is 23.6 Å². The minimum absolute atomic E-state index is 0.0267. The van der Waals surface area contributed by atoms with Gasteiger partial charge in [-0.25, -0.2) is 4.79 Å². The summed E-state index contributed by atoms with van der Waals surface area (Å²) in [4.78, 5) is 23.2. The Bertz CT molecular complexity index is 793. The Morgan fingerprint density at radius 2 is 1.92 bits per heavy atom. The average molecular weight is 341 g/mol. The molecule has 1 heterocycles. The summed E-state index contributed by atoms with van der Waals surface area (Å²) in [5.74, 6) is -2.22. The summed E-state index contributed by atoms with van der Waals surface area (Å²) in [6.07, 6.45) is -4.28. The molecule has 0 fully saturated rings. The van der Waals surface area contributed by atoms with E-state index in [2.05, 4.69) is 5.32 Å². The Kier molecular flexibility index (Phi) is 4.68. The number of hydrogen-bond donors (Lipinski definition) is 2. The van der Waals surface area contributed by atoms with Gasteiger partial charge in [-0.15, -0.1) is 0 Å². The number of alkyl halides is 3. The van der Waals surface area contributed by atoms with E-state index in [9.17, 15) is 22.8 Å². The zero-order chi connectivity index (χ0) is 18.1. The molecular formula is C16H14F3NO4. The largest absolute Gasteiger partial charge is 0.478 e. The van der Waals surface area contributed by atoms with Crippen LogP contribution in [0.15, 0.2) is 28.7 Å². The molecule has 2 N–H and O–H groups in total. The number of rotatable bonds is 4. The van der Waals surface area contributed by atoms with Gasteiger partial charge >= 0.3 is 12.1 Å². The van der Waals surface area contributed by atoms with Gasteiger partial charge in [-0.3, -0.25) is 4.79 Å². The van der Waals surface area contributed by atoms with Crippen LogP contribution in [0.3, 0.4) is 0 Å². The van der Waals surface area contributed by atoms with Crippen LogP contribution in [0.2, 0.25) is 0 Å². The molecule has 0 aliphatic rings. The number of amides is 1. The smallest absolute Gasteiger partial charge is 0.416 e. The molecule has 0 spiro atoms. The fourth-order valence-electron chi connectivity index (χ4n) is 2.10. The minimum atomic E-state index is -4.54. The van der Waals surface area contributed by atoms with E-state index in [-0.39, 0.29) is 29.2 Å². The summed E-state index contributed by atoms with van der Waals surface area (Å²) in [7, 11) is 0. The summed E-state index contributed by atoms with van der Waals surface area (Å²) in [6, 6.07) is 4.02. The zero-order valence-corrected chi connectivity index (χ0v) is 12.8. The molecule has 0 unspecified atom stereocenters. The second-order valence-electron chi connectivity index (χ2n) is 5.09. The molecule has 0 aliphatic carbocycles. The number of benzene rings is 1. The highest BCUT2D eigenvalue weighted by atomic mass is 19.4. The molecule has 0 radical (unpaired) electrons. The number of carbonyl (C=O) groups is 2. The van der Waals surface area contributed by atoms with Crippen LogP contribution in [0.1, 0.15) is 44.7 Å². The van der Waals surface area contributed by atoms with E-state index in [4.69, 9.17) is 9.52 Å². The highest BCUT2D eigenvalue weighted by Gasteiger charge is 2.31. The van der Waals surface area contributed by atoms with Crippen LogP contribution >= 0.6 is 0 Å². The Balaban J connectivity index is 2.32. The number of carbonyl (C=O) groups excluding carboxylic acids is 1. The van der Waals surface area contributed by atoms with Gasteiger partial charge in [0.1, 0.15) is 11.3 Å². The first-order valence-electron chi connectivity index (χ1n) is 6.98. The fourth-order valence-corrected chi connectivity index (χ4v) is 2.10. The number of furan rings is 1. The van der Waals surface area contributed by atoms with Crippen molar-refractivity contribution < 1.29 is 32.3 Å².